The molecule has 2 N–H and O–H groups in total. The van der Waals surface area contributed by atoms with Crippen LogP contribution in [0.25, 0.3) is 11.0 Å². The second kappa shape index (κ2) is 7.41. The summed E-state index contributed by atoms with van der Waals surface area (Å²) in [5.41, 5.74) is 3.30. The Bertz CT molecular complexity index is 517. The summed E-state index contributed by atoms with van der Waals surface area (Å²) in [6, 6.07) is 6.38. The maximum atomic E-state index is 9.76. The molecule has 1 atom stereocenters. The third-order valence-electron chi connectivity index (χ3n) is 3.74. The van der Waals surface area contributed by atoms with Crippen molar-refractivity contribution in [1.82, 2.24) is 14.9 Å². The highest BCUT2D eigenvalue weighted by Gasteiger charge is 2.18. The molecular formula is C16H25N3O. The molecule has 0 bridgehead atoms. The average Bonchev–Trinajstić information content (AvgIpc) is 2.94. The molecule has 1 heterocycles. The molecule has 0 saturated heterocycles. The van der Waals surface area contributed by atoms with E-state index in [1.165, 1.54) is 5.56 Å². The fourth-order valence-electron chi connectivity index (χ4n) is 2.81. The molecular weight excluding hydrogens is 250 g/mol. The number of benzene rings is 1. The molecule has 1 aromatic heterocycles. The predicted molar refractivity (Wildman–Crippen MR) is 82.8 cm³/mol. The van der Waals surface area contributed by atoms with Gasteiger partial charge in [0.1, 0.15) is 0 Å². The van der Waals surface area contributed by atoms with E-state index >= 15 is 0 Å². The smallest absolute Gasteiger partial charge is 0.0931 e. The monoisotopic (exact) mass is 275 g/mol. The van der Waals surface area contributed by atoms with Crippen LogP contribution >= 0.6 is 0 Å². The van der Waals surface area contributed by atoms with Crippen LogP contribution in [0.4, 0.5) is 0 Å². The number of rotatable bonds is 8. The van der Waals surface area contributed by atoms with Gasteiger partial charge in [0.25, 0.3) is 0 Å². The maximum absolute atomic E-state index is 9.76. The van der Waals surface area contributed by atoms with Crippen molar-refractivity contribution in [2.24, 2.45) is 0 Å². The number of nitrogens with one attached hydrogen (secondary N) is 1. The zero-order valence-corrected chi connectivity index (χ0v) is 12.5. The van der Waals surface area contributed by atoms with Crippen molar-refractivity contribution in [3.8, 4) is 0 Å². The third-order valence-corrected chi connectivity index (χ3v) is 3.74. The number of aromatic amines is 1. The van der Waals surface area contributed by atoms with E-state index in [1.807, 2.05) is 12.1 Å². The van der Waals surface area contributed by atoms with E-state index in [0.717, 1.165) is 43.4 Å². The Labute approximate surface area is 120 Å². The van der Waals surface area contributed by atoms with Gasteiger partial charge in [-0.3, -0.25) is 4.90 Å². The van der Waals surface area contributed by atoms with E-state index < -0.39 is 0 Å². The lowest BCUT2D eigenvalue weighted by Gasteiger charge is -2.30. The molecule has 0 aliphatic rings. The fraction of sp³-hybridized carbons (Fsp3) is 0.562. The number of aromatic nitrogens is 2. The Balaban J connectivity index is 2.18. The Morgan fingerprint density at radius 1 is 1.25 bits per heavy atom. The van der Waals surface area contributed by atoms with Gasteiger partial charge in [-0.2, -0.15) is 0 Å². The summed E-state index contributed by atoms with van der Waals surface area (Å²) in [4.78, 5) is 9.94. The maximum Gasteiger partial charge on any atom is 0.0931 e. The van der Waals surface area contributed by atoms with Crippen LogP contribution in [-0.2, 0) is 6.42 Å². The minimum atomic E-state index is 0.178. The van der Waals surface area contributed by atoms with Crippen molar-refractivity contribution in [1.29, 1.82) is 0 Å². The minimum Gasteiger partial charge on any atom is -0.395 e. The van der Waals surface area contributed by atoms with Gasteiger partial charge >= 0.3 is 0 Å². The summed E-state index contributed by atoms with van der Waals surface area (Å²) in [5, 5.41) is 9.76. The lowest BCUT2D eigenvalue weighted by Crippen LogP contribution is -2.40. The van der Waals surface area contributed by atoms with Crippen molar-refractivity contribution in [2.75, 3.05) is 19.7 Å². The highest BCUT2D eigenvalue weighted by molar-refractivity contribution is 5.78. The number of imidazole rings is 1. The lowest BCUT2D eigenvalue weighted by molar-refractivity contribution is 0.122. The summed E-state index contributed by atoms with van der Waals surface area (Å²) in [5.74, 6) is 0. The number of hydrogen-bond donors (Lipinski definition) is 2. The summed E-state index contributed by atoms with van der Waals surface area (Å²) in [6.45, 7) is 6.64. The molecule has 1 unspecified atom stereocenters. The van der Waals surface area contributed by atoms with E-state index in [-0.39, 0.29) is 12.6 Å². The van der Waals surface area contributed by atoms with Crippen molar-refractivity contribution in [2.45, 2.75) is 39.2 Å². The van der Waals surface area contributed by atoms with Gasteiger partial charge in [0.05, 0.1) is 24.0 Å². The molecule has 20 heavy (non-hydrogen) atoms. The van der Waals surface area contributed by atoms with Crippen molar-refractivity contribution in [3.05, 3.63) is 30.1 Å². The Hall–Kier alpha value is -1.39. The number of aliphatic hydroxyl groups excluding tert-OH is 1. The largest absolute Gasteiger partial charge is 0.395 e. The third kappa shape index (κ3) is 3.38. The van der Waals surface area contributed by atoms with Crippen molar-refractivity contribution in [3.63, 3.8) is 0 Å². The van der Waals surface area contributed by atoms with E-state index in [2.05, 4.69) is 34.8 Å². The van der Waals surface area contributed by atoms with Crippen LogP contribution in [0.5, 0.6) is 0 Å². The second-order valence-electron chi connectivity index (χ2n) is 5.29. The van der Waals surface area contributed by atoms with Crippen LogP contribution in [0.3, 0.4) is 0 Å². The number of H-pyrrole nitrogens is 1. The number of aliphatic hydroxyl groups is 1. The van der Waals surface area contributed by atoms with Crippen LogP contribution in [0.2, 0.25) is 0 Å². The quantitative estimate of drug-likeness (QED) is 0.778. The highest BCUT2D eigenvalue weighted by Crippen LogP contribution is 2.18. The van der Waals surface area contributed by atoms with Crippen LogP contribution in [-0.4, -0.2) is 45.7 Å². The van der Waals surface area contributed by atoms with Gasteiger partial charge in [-0.1, -0.05) is 26.0 Å². The molecule has 110 valence electrons. The normalized spacial score (nSPS) is 13.2. The molecule has 2 aromatic rings. The van der Waals surface area contributed by atoms with Crippen molar-refractivity contribution < 1.29 is 5.11 Å². The lowest BCUT2D eigenvalue weighted by atomic mass is 10.0. The van der Waals surface area contributed by atoms with E-state index in [1.54, 1.807) is 6.33 Å². The first kappa shape index (κ1) is 15.0. The van der Waals surface area contributed by atoms with Crippen LogP contribution in [0, 0.1) is 0 Å². The molecule has 0 aliphatic carbocycles. The molecule has 0 aliphatic heterocycles. The minimum absolute atomic E-state index is 0.178. The zero-order chi connectivity index (χ0) is 14.4. The highest BCUT2D eigenvalue weighted by atomic mass is 16.3. The molecule has 0 fully saturated rings. The molecule has 4 heteroatoms. The van der Waals surface area contributed by atoms with Gasteiger partial charge in [0.15, 0.2) is 0 Å². The van der Waals surface area contributed by atoms with Crippen LogP contribution in [0.1, 0.15) is 32.3 Å². The van der Waals surface area contributed by atoms with Gasteiger partial charge in [-0.05, 0) is 44.0 Å². The van der Waals surface area contributed by atoms with Gasteiger partial charge in [0.2, 0.25) is 0 Å². The van der Waals surface area contributed by atoms with E-state index in [9.17, 15) is 5.11 Å². The molecule has 1 aromatic carbocycles. The average molecular weight is 275 g/mol. The number of hydrogen-bond acceptors (Lipinski definition) is 3. The summed E-state index contributed by atoms with van der Waals surface area (Å²) >= 11 is 0. The van der Waals surface area contributed by atoms with Crippen molar-refractivity contribution >= 4 is 11.0 Å². The van der Waals surface area contributed by atoms with Crippen LogP contribution < -0.4 is 0 Å². The van der Waals surface area contributed by atoms with Gasteiger partial charge < -0.3 is 10.1 Å². The fourth-order valence-corrected chi connectivity index (χ4v) is 2.81. The van der Waals surface area contributed by atoms with E-state index in [4.69, 9.17) is 0 Å². The first-order chi connectivity index (χ1) is 9.80. The second-order valence-corrected chi connectivity index (χ2v) is 5.29. The predicted octanol–water partition coefficient (Wildman–Crippen LogP) is 2.59. The Kier molecular flexibility index (Phi) is 5.56. The standard InChI is InChI=1S/C16H25N3O/c1-3-8-19(9-4-2)14(11-20)10-13-6-5-7-15-16(13)18-12-17-15/h5-7,12,14,20H,3-4,8-11H2,1-2H3,(H,17,18). The van der Waals surface area contributed by atoms with Crippen LogP contribution in [0.15, 0.2) is 24.5 Å². The molecule has 2 rings (SSSR count). The summed E-state index contributed by atoms with van der Waals surface area (Å²) in [6.07, 6.45) is 4.81. The van der Waals surface area contributed by atoms with Gasteiger partial charge in [-0.25, -0.2) is 4.98 Å². The first-order valence-electron chi connectivity index (χ1n) is 7.56. The molecule has 4 nitrogen and oxygen atoms in total. The topological polar surface area (TPSA) is 52.1 Å². The molecule has 0 radical (unpaired) electrons. The number of nitrogens with zero attached hydrogens (tertiary/aromatic N) is 2. The first-order valence-corrected chi connectivity index (χ1v) is 7.56. The van der Waals surface area contributed by atoms with Gasteiger partial charge in [-0.15, -0.1) is 0 Å². The van der Waals surface area contributed by atoms with E-state index in [0.29, 0.717) is 0 Å². The molecule has 0 amide bonds. The number of fused-ring (bicyclic) bond motifs is 1. The summed E-state index contributed by atoms with van der Waals surface area (Å²) in [7, 11) is 0. The number of para-hydroxylation sites is 1. The summed E-state index contributed by atoms with van der Waals surface area (Å²) < 4.78 is 0. The Morgan fingerprint density at radius 3 is 2.65 bits per heavy atom. The molecule has 0 spiro atoms. The Morgan fingerprint density at radius 2 is 2.00 bits per heavy atom. The SMILES string of the molecule is CCCN(CCC)C(CO)Cc1cccc2[nH]cnc12. The molecule has 0 saturated carbocycles. The van der Waals surface area contributed by atoms with Gasteiger partial charge in [0, 0.05) is 6.04 Å². The zero-order valence-electron chi connectivity index (χ0n) is 12.5.